The molecule has 24 heavy (non-hydrogen) atoms. The molecule has 0 saturated heterocycles. The molecule has 2 aromatic rings. The summed E-state index contributed by atoms with van der Waals surface area (Å²) in [5, 5.41) is 0. The highest BCUT2D eigenvalue weighted by Crippen LogP contribution is 2.48. The molecule has 1 heterocycles. The van der Waals surface area contributed by atoms with Crippen LogP contribution in [0, 0.1) is 0 Å². The van der Waals surface area contributed by atoms with Crippen LogP contribution in [-0.4, -0.2) is 25.5 Å². The lowest BCUT2D eigenvalue weighted by Gasteiger charge is -2.49. The van der Waals surface area contributed by atoms with Crippen LogP contribution >= 0.6 is 0 Å². The van der Waals surface area contributed by atoms with Gasteiger partial charge in [-0.25, -0.2) is 4.79 Å². The van der Waals surface area contributed by atoms with E-state index in [-0.39, 0.29) is 17.3 Å². The second-order valence-corrected chi connectivity index (χ2v) is 6.61. The van der Waals surface area contributed by atoms with E-state index < -0.39 is 0 Å². The molecule has 0 N–H and O–H groups in total. The van der Waals surface area contributed by atoms with Gasteiger partial charge in [0.15, 0.2) is 0 Å². The molecule has 4 rings (SSSR count). The lowest BCUT2D eigenvalue weighted by atomic mass is 9.61. The number of amides is 1. The summed E-state index contributed by atoms with van der Waals surface area (Å²) in [7, 11) is 1.36. The first-order valence-electron chi connectivity index (χ1n) is 8.24. The Kier molecular flexibility index (Phi) is 3.41. The number of hydrogen-bond acceptors (Lipinski definition) is 3. The van der Waals surface area contributed by atoms with Gasteiger partial charge in [-0.15, -0.1) is 0 Å². The number of fused-ring (bicyclic) bond motifs is 2. The molecular weight excluding hydrogens is 302 g/mol. The topological polar surface area (TPSA) is 46.6 Å². The molecule has 2 aliphatic rings. The van der Waals surface area contributed by atoms with Crippen LogP contribution in [0.2, 0.25) is 0 Å². The van der Waals surface area contributed by atoms with Gasteiger partial charge in [0.05, 0.1) is 12.7 Å². The third-order valence-electron chi connectivity index (χ3n) is 5.35. The van der Waals surface area contributed by atoms with Crippen LogP contribution < -0.4 is 4.90 Å². The predicted octanol–water partition coefficient (Wildman–Crippen LogP) is 3.56. The van der Waals surface area contributed by atoms with Crippen molar-refractivity contribution in [1.29, 1.82) is 0 Å². The smallest absolute Gasteiger partial charge is 0.337 e. The summed E-state index contributed by atoms with van der Waals surface area (Å²) in [5.74, 6) is -0.332. The monoisotopic (exact) mass is 321 g/mol. The number of carbonyl (C=O) groups excluding carboxylic acids is 2. The van der Waals surface area contributed by atoms with E-state index >= 15 is 0 Å². The van der Waals surface area contributed by atoms with Crippen molar-refractivity contribution in [2.75, 3.05) is 18.6 Å². The zero-order valence-electron chi connectivity index (χ0n) is 13.6. The Labute approximate surface area is 141 Å². The summed E-state index contributed by atoms with van der Waals surface area (Å²) < 4.78 is 4.73. The first kappa shape index (κ1) is 14.9. The Bertz CT molecular complexity index is 806. The molecule has 4 nitrogen and oxygen atoms in total. The Morgan fingerprint density at radius 2 is 1.79 bits per heavy atom. The number of rotatable bonds is 2. The van der Waals surface area contributed by atoms with Crippen LogP contribution in [0.5, 0.6) is 0 Å². The number of carbonyl (C=O) groups is 2. The van der Waals surface area contributed by atoms with Crippen LogP contribution in [0.3, 0.4) is 0 Å². The third kappa shape index (κ3) is 2.13. The molecule has 1 aliphatic heterocycles. The standard InChI is InChI=1S/C20H19NO3/c1-24-19(23)14-7-9-15(10-8-14)21-13-20(11-4-12-20)17-6-3-2-5-16(17)18(21)22/h2-3,5-10H,4,11-13H2,1H3. The Hall–Kier alpha value is -2.62. The van der Waals surface area contributed by atoms with Gasteiger partial charge in [-0.1, -0.05) is 24.6 Å². The minimum atomic E-state index is -0.368. The third-order valence-corrected chi connectivity index (χ3v) is 5.35. The number of ether oxygens (including phenoxy) is 1. The second kappa shape index (κ2) is 5.48. The van der Waals surface area contributed by atoms with Crippen molar-refractivity contribution >= 4 is 17.6 Å². The summed E-state index contributed by atoms with van der Waals surface area (Å²) >= 11 is 0. The normalized spacial score (nSPS) is 18.0. The summed E-state index contributed by atoms with van der Waals surface area (Å²) in [6, 6.07) is 15.0. The Balaban J connectivity index is 1.72. The van der Waals surface area contributed by atoms with Crippen molar-refractivity contribution in [3.8, 4) is 0 Å². The molecule has 0 atom stereocenters. The highest BCUT2D eigenvalue weighted by atomic mass is 16.5. The fraction of sp³-hybridized carbons (Fsp3) is 0.300. The SMILES string of the molecule is COC(=O)c1ccc(N2CC3(CCC3)c3ccccc3C2=O)cc1. The number of methoxy groups -OCH3 is 1. The van der Waals surface area contributed by atoms with E-state index in [0.717, 1.165) is 24.1 Å². The molecule has 1 fully saturated rings. The van der Waals surface area contributed by atoms with E-state index in [1.807, 2.05) is 35.2 Å². The first-order chi connectivity index (χ1) is 11.6. The zero-order valence-corrected chi connectivity index (χ0v) is 13.6. The summed E-state index contributed by atoms with van der Waals surface area (Å²) in [6.45, 7) is 0.709. The second-order valence-electron chi connectivity index (χ2n) is 6.61. The van der Waals surface area contributed by atoms with Gasteiger partial charge in [0.2, 0.25) is 0 Å². The maximum atomic E-state index is 13.0. The van der Waals surface area contributed by atoms with E-state index in [2.05, 4.69) is 6.07 Å². The Morgan fingerprint density at radius 3 is 2.42 bits per heavy atom. The molecular formula is C20H19NO3. The first-order valence-corrected chi connectivity index (χ1v) is 8.24. The average molecular weight is 321 g/mol. The van der Waals surface area contributed by atoms with E-state index in [1.54, 1.807) is 12.1 Å². The highest BCUT2D eigenvalue weighted by Gasteiger charge is 2.47. The minimum absolute atomic E-state index is 0.0361. The Morgan fingerprint density at radius 1 is 1.08 bits per heavy atom. The number of anilines is 1. The molecule has 0 bridgehead atoms. The van der Waals surface area contributed by atoms with E-state index in [0.29, 0.717) is 12.1 Å². The van der Waals surface area contributed by atoms with Crippen LogP contribution in [0.1, 0.15) is 45.5 Å². The van der Waals surface area contributed by atoms with Gasteiger partial charge >= 0.3 is 5.97 Å². The van der Waals surface area contributed by atoms with Gasteiger partial charge < -0.3 is 9.64 Å². The summed E-state index contributed by atoms with van der Waals surface area (Å²) in [5.41, 5.74) is 3.41. The highest BCUT2D eigenvalue weighted by molar-refractivity contribution is 6.09. The number of hydrogen-bond donors (Lipinski definition) is 0. The van der Waals surface area contributed by atoms with Crippen LogP contribution in [0.25, 0.3) is 0 Å². The largest absolute Gasteiger partial charge is 0.465 e. The van der Waals surface area contributed by atoms with Crippen molar-refractivity contribution in [2.24, 2.45) is 0 Å². The fourth-order valence-electron chi connectivity index (χ4n) is 3.87. The van der Waals surface area contributed by atoms with Gasteiger partial charge in [-0.3, -0.25) is 4.79 Å². The molecule has 1 aliphatic carbocycles. The van der Waals surface area contributed by atoms with Gasteiger partial charge in [0, 0.05) is 23.2 Å². The van der Waals surface area contributed by atoms with Crippen molar-refractivity contribution < 1.29 is 14.3 Å². The van der Waals surface area contributed by atoms with Crippen molar-refractivity contribution in [3.63, 3.8) is 0 Å². The zero-order chi connectivity index (χ0) is 16.7. The maximum Gasteiger partial charge on any atom is 0.337 e. The predicted molar refractivity (Wildman–Crippen MR) is 91.4 cm³/mol. The van der Waals surface area contributed by atoms with Crippen LogP contribution in [0.15, 0.2) is 48.5 Å². The molecule has 1 amide bonds. The van der Waals surface area contributed by atoms with Gasteiger partial charge in [-0.05, 0) is 48.7 Å². The van der Waals surface area contributed by atoms with Crippen molar-refractivity contribution in [3.05, 3.63) is 65.2 Å². The molecule has 0 unspecified atom stereocenters. The number of esters is 1. The summed E-state index contributed by atoms with van der Waals surface area (Å²) in [6.07, 6.45) is 3.44. The lowest BCUT2D eigenvalue weighted by Crippen LogP contribution is -2.53. The van der Waals surface area contributed by atoms with Crippen molar-refractivity contribution in [1.82, 2.24) is 0 Å². The van der Waals surface area contributed by atoms with Crippen LogP contribution in [-0.2, 0) is 10.2 Å². The number of benzene rings is 2. The molecule has 1 spiro atoms. The number of nitrogens with zero attached hydrogens (tertiary/aromatic N) is 1. The average Bonchev–Trinajstić information content (AvgIpc) is 2.60. The van der Waals surface area contributed by atoms with Crippen molar-refractivity contribution in [2.45, 2.75) is 24.7 Å². The van der Waals surface area contributed by atoms with Gasteiger partial charge in [0.1, 0.15) is 0 Å². The molecule has 1 saturated carbocycles. The molecule has 2 aromatic carbocycles. The lowest BCUT2D eigenvalue weighted by molar-refractivity contribution is 0.0600. The van der Waals surface area contributed by atoms with E-state index in [4.69, 9.17) is 4.74 Å². The van der Waals surface area contributed by atoms with Gasteiger partial charge in [0.25, 0.3) is 5.91 Å². The molecule has 122 valence electrons. The quantitative estimate of drug-likeness (QED) is 0.795. The van der Waals surface area contributed by atoms with Crippen LogP contribution in [0.4, 0.5) is 5.69 Å². The fourth-order valence-corrected chi connectivity index (χ4v) is 3.87. The van der Waals surface area contributed by atoms with E-state index in [9.17, 15) is 9.59 Å². The molecule has 0 radical (unpaired) electrons. The molecule has 0 aromatic heterocycles. The maximum absolute atomic E-state index is 13.0. The minimum Gasteiger partial charge on any atom is -0.465 e. The molecule has 4 heteroatoms. The summed E-state index contributed by atoms with van der Waals surface area (Å²) in [4.78, 5) is 26.4. The van der Waals surface area contributed by atoms with E-state index in [1.165, 1.54) is 19.1 Å². The van der Waals surface area contributed by atoms with Gasteiger partial charge in [-0.2, -0.15) is 0 Å².